The number of nitrogens with one attached hydrogen (secondary N) is 1. The first kappa shape index (κ1) is 13.2. The second kappa shape index (κ2) is 4.97. The molecule has 0 saturated carbocycles. The Balaban J connectivity index is 3.17. The predicted molar refractivity (Wildman–Crippen MR) is 69.8 cm³/mol. The lowest BCUT2D eigenvalue weighted by molar-refractivity contribution is 0.646. The minimum absolute atomic E-state index is 0.251. The standard InChI is InChI=1S/C12H20N2OS/c1-12(2,3)16(15)11-6-5-10(13)7-9(11)8-14-4/h5-7,14H,8,13H2,1-4H3. The van der Waals surface area contributed by atoms with Gasteiger partial charge in [-0.15, -0.1) is 0 Å². The average molecular weight is 240 g/mol. The first-order valence-electron chi connectivity index (χ1n) is 5.31. The highest BCUT2D eigenvalue weighted by molar-refractivity contribution is 7.86. The average Bonchev–Trinajstić information content (AvgIpc) is 2.16. The Labute approximate surface area is 99.9 Å². The first-order chi connectivity index (χ1) is 7.36. The van der Waals surface area contributed by atoms with Gasteiger partial charge in [0.15, 0.2) is 0 Å². The summed E-state index contributed by atoms with van der Waals surface area (Å²) in [6, 6.07) is 5.55. The van der Waals surface area contributed by atoms with E-state index in [-0.39, 0.29) is 4.75 Å². The van der Waals surface area contributed by atoms with Gasteiger partial charge in [-0.1, -0.05) is 0 Å². The molecule has 0 aliphatic carbocycles. The number of nitrogens with two attached hydrogens (primary N) is 1. The highest BCUT2D eigenvalue weighted by atomic mass is 32.2. The number of rotatable bonds is 3. The van der Waals surface area contributed by atoms with E-state index in [9.17, 15) is 4.21 Å². The molecule has 0 bridgehead atoms. The molecule has 0 aliphatic heterocycles. The number of hydrogen-bond donors (Lipinski definition) is 2. The van der Waals surface area contributed by atoms with Crippen LogP contribution in [0.5, 0.6) is 0 Å². The molecule has 1 aromatic rings. The normalized spacial score (nSPS) is 13.8. The molecule has 3 nitrogen and oxygen atoms in total. The van der Waals surface area contributed by atoms with E-state index in [1.165, 1.54) is 0 Å². The third-order valence-corrected chi connectivity index (χ3v) is 4.12. The van der Waals surface area contributed by atoms with Crippen LogP contribution in [-0.4, -0.2) is 16.0 Å². The predicted octanol–water partition coefficient (Wildman–Crippen LogP) is 1.89. The Morgan fingerprint density at radius 1 is 1.38 bits per heavy atom. The fourth-order valence-electron chi connectivity index (χ4n) is 1.44. The van der Waals surface area contributed by atoms with Gasteiger partial charge in [-0.25, -0.2) is 0 Å². The molecular formula is C12H20N2OS. The molecule has 0 heterocycles. The molecule has 0 spiro atoms. The van der Waals surface area contributed by atoms with Gasteiger partial charge in [-0.3, -0.25) is 4.21 Å². The highest BCUT2D eigenvalue weighted by Gasteiger charge is 2.23. The fourth-order valence-corrected chi connectivity index (χ4v) is 2.66. The van der Waals surface area contributed by atoms with E-state index in [0.29, 0.717) is 12.2 Å². The van der Waals surface area contributed by atoms with Crippen LogP contribution in [0.15, 0.2) is 23.1 Å². The fraction of sp³-hybridized carbons (Fsp3) is 0.500. The highest BCUT2D eigenvalue weighted by Crippen LogP contribution is 2.25. The van der Waals surface area contributed by atoms with Crippen LogP contribution >= 0.6 is 0 Å². The van der Waals surface area contributed by atoms with Crippen LogP contribution in [0, 0.1) is 0 Å². The second-order valence-corrected chi connectivity index (χ2v) is 6.98. The molecule has 0 aliphatic rings. The van der Waals surface area contributed by atoms with Crippen molar-refractivity contribution in [3.63, 3.8) is 0 Å². The van der Waals surface area contributed by atoms with Crippen molar-refractivity contribution in [2.45, 2.75) is 37.0 Å². The minimum Gasteiger partial charge on any atom is -0.399 e. The van der Waals surface area contributed by atoms with Crippen LogP contribution < -0.4 is 11.1 Å². The first-order valence-corrected chi connectivity index (χ1v) is 6.46. The maximum absolute atomic E-state index is 12.3. The molecule has 0 radical (unpaired) electrons. The lowest BCUT2D eigenvalue weighted by Gasteiger charge is -2.20. The molecule has 1 atom stereocenters. The molecule has 90 valence electrons. The van der Waals surface area contributed by atoms with E-state index < -0.39 is 10.8 Å². The van der Waals surface area contributed by atoms with Crippen molar-refractivity contribution < 1.29 is 4.21 Å². The number of hydrogen-bond acceptors (Lipinski definition) is 3. The maximum atomic E-state index is 12.3. The third kappa shape index (κ3) is 3.06. The Hall–Kier alpha value is -0.870. The largest absolute Gasteiger partial charge is 0.399 e. The van der Waals surface area contributed by atoms with Crippen molar-refractivity contribution in [1.29, 1.82) is 0 Å². The summed E-state index contributed by atoms with van der Waals surface area (Å²) in [7, 11) is 0.850. The number of nitrogen functional groups attached to an aromatic ring is 1. The van der Waals surface area contributed by atoms with Crippen molar-refractivity contribution in [2.24, 2.45) is 0 Å². The number of benzene rings is 1. The molecule has 1 aromatic carbocycles. The van der Waals surface area contributed by atoms with Crippen LogP contribution in [0.4, 0.5) is 5.69 Å². The molecule has 0 aromatic heterocycles. The van der Waals surface area contributed by atoms with Crippen molar-refractivity contribution in [3.8, 4) is 0 Å². The molecule has 1 rings (SSSR count). The summed E-state index contributed by atoms with van der Waals surface area (Å²) < 4.78 is 12.1. The van der Waals surface area contributed by atoms with Crippen LogP contribution in [-0.2, 0) is 17.3 Å². The third-order valence-electron chi connectivity index (χ3n) is 2.21. The van der Waals surface area contributed by atoms with E-state index in [4.69, 9.17) is 5.73 Å². The summed E-state index contributed by atoms with van der Waals surface area (Å²) >= 11 is 0. The maximum Gasteiger partial charge on any atom is 0.0586 e. The van der Waals surface area contributed by atoms with Crippen molar-refractivity contribution >= 4 is 16.5 Å². The molecule has 0 amide bonds. The van der Waals surface area contributed by atoms with Gasteiger partial charge in [0.25, 0.3) is 0 Å². The molecule has 4 heteroatoms. The smallest absolute Gasteiger partial charge is 0.0586 e. The van der Waals surface area contributed by atoms with E-state index in [0.717, 1.165) is 10.5 Å². The summed E-state index contributed by atoms with van der Waals surface area (Å²) in [5, 5.41) is 3.07. The molecule has 0 saturated heterocycles. The van der Waals surface area contributed by atoms with Gasteiger partial charge in [-0.05, 0) is 51.6 Å². The van der Waals surface area contributed by atoms with Crippen LogP contribution in [0.1, 0.15) is 26.3 Å². The van der Waals surface area contributed by atoms with Gasteiger partial charge in [0.05, 0.1) is 10.8 Å². The SMILES string of the molecule is CNCc1cc(N)ccc1S(=O)C(C)(C)C. The van der Waals surface area contributed by atoms with Gasteiger partial charge in [-0.2, -0.15) is 0 Å². The lowest BCUT2D eigenvalue weighted by Crippen LogP contribution is -2.23. The Morgan fingerprint density at radius 2 is 2.00 bits per heavy atom. The molecule has 0 fully saturated rings. The van der Waals surface area contributed by atoms with Crippen molar-refractivity contribution in [1.82, 2.24) is 5.32 Å². The van der Waals surface area contributed by atoms with E-state index in [2.05, 4.69) is 5.32 Å². The molecular weight excluding hydrogens is 220 g/mol. The van der Waals surface area contributed by atoms with Crippen molar-refractivity contribution in [3.05, 3.63) is 23.8 Å². The molecule has 3 N–H and O–H groups in total. The van der Waals surface area contributed by atoms with Crippen LogP contribution in [0.2, 0.25) is 0 Å². The van der Waals surface area contributed by atoms with Gasteiger partial charge in [0, 0.05) is 21.9 Å². The number of anilines is 1. The monoisotopic (exact) mass is 240 g/mol. The Morgan fingerprint density at radius 3 is 2.50 bits per heavy atom. The van der Waals surface area contributed by atoms with Gasteiger partial charge >= 0.3 is 0 Å². The van der Waals surface area contributed by atoms with E-state index in [1.807, 2.05) is 40.0 Å². The molecule has 1 unspecified atom stereocenters. The van der Waals surface area contributed by atoms with Gasteiger partial charge in [0.1, 0.15) is 0 Å². The lowest BCUT2D eigenvalue weighted by atomic mass is 10.2. The summed E-state index contributed by atoms with van der Waals surface area (Å²) in [6.45, 7) is 6.61. The summed E-state index contributed by atoms with van der Waals surface area (Å²) in [5.41, 5.74) is 7.46. The molecule has 16 heavy (non-hydrogen) atoms. The van der Waals surface area contributed by atoms with E-state index >= 15 is 0 Å². The topological polar surface area (TPSA) is 55.1 Å². The second-order valence-electron chi connectivity index (χ2n) is 4.78. The summed E-state index contributed by atoms with van der Waals surface area (Å²) in [5.74, 6) is 0. The van der Waals surface area contributed by atoms with Crippen molar-refractivity contribution in [2.75, 3.05) is 12.8 Å². The van der Waals surface area contributed by atoms with Crippen LogP contribution in [0.25, 0.3) is 0 Å². The van der Waals surface area contributed by atoms with Gasteiger partial charge in [0.2, 0.25) is 0 Å². The summed E-state index contributed by atoms with van der Waals surface area (Å²) in [6.07, 6.45) is 0. The zero-order valence-corrected chi connectivity index (χ0v) is 11.1. The van der Waals surface area contributed by atoms with Gasteiger partial charge < -0.3 is 11.1 Å². The zero-order chi connectivity index (χ0) is 12.3. The zero-order valence-electron chi connectivity index (χ0n) is 10.3. The Kier molecular flexibility index (Phi) is 4.10. The Bertz CT molecular complexity index is 396. The summed E-state index contributed by atoms with van der Waals surface area (Å²) in [4.78, 5) is 0.871. The quantitative estimate of drug-likeness (QED) is 0.793. The van der Waals surface area contributed by atoms with Crippen LogP contribution in [0.3, 0.4) is 0 Å². The minimum atomic E-state index is -1.02. The van der Waals surface area contributed by atoms with E-state index in [1.54, 1.807) is 6.07 Å².